The number of Topliss-reactive ketones (excluding diaryl/α,β-unsaturated/α-hetero) is 1. The number of carbonyl (C=O) groups excluding carboxylic acids is 1. The Hall–Kier alpha value is -1.61. The zero-order valence-corrected chi connectivity index (χ0v) is 10.1. The summed E-state index contributed by atoms with van der Waals surface area (Å²) in [6.07, 6.45) is 0.863. The van der Waals surface area contributed by atoms with Crippen LogP contribution in [0.5, 0.6) is 0 Å². The number of ketones is 1. The first-order chi connectivity index (χ1) is 8.19. The van der Waals surface area contributed by atoms with E-state index in [9.17, 15) is 4.79 Å². The molecule has 0 fully saturated rings. The minimum atomic E-state index is -0.483. The zero-order valence-electron chi connectivity index (χ0n) is 10.1. The van der Waals surface area contributed by atoms with Crippen LogP contribution in [0.3, 0.4) is 0 Å². The third kappa shape index (κ3) is 1.98. The molecular formula is C14H16O3. The van der Waals surface area contributed by atoms with Crippen LogP contribution in [0, 0.1) is 5.92 Å². The topological polar surface area (TPSA) is 46.5 Å². The fourth-order valence-electron chi connectivity index (χ4n) is 2.41. The van der Waals surface area contributed by atoms with Crippen LogP contribution in [0.2, 0.25) is 0 Å². The third-order valence-corrected chi connectivity index (χ3v) is 3.15. The minimum absolute atomic E-state index is 0.167. The number of carbonyl (C=O) groups is 1. The Bertz CT molecular complexity index is 474. The molecule has 0 saturated heterocycles. The van der Waals surface area contributed by atoms with E-state index in [0.717, 1.165) is 17.5 Å². The molecule has 2 rings (SSSR count). The number of allylic oxidation sites excluding steroid dienone is 1. The number of aliphatic hydroxyl groups is 1. The molecular weight excluding hydrogens is 216 g/mol. The van der Waals surface area contributed by atoms with Crippen molar-refractivity contribution in [3.63, 3.8) is 0 Å². The summed E-state index contributed by atoms with van der Waals surface area (Å²) in [5, 5.41) is 9.07. The van der Waals surface area contributed by atoms with E-state index in [-0.39, 0.29) is 11.7 Å². The van der Waals surface area contributed by atoms with Gasteiger partial charge in [0, 0.05) is 5.92 Å². The number of methoxy groups -OCH3 is 1. The lowest BCUT2D eigenvalue weighted by atomic mass is 9.82. The van der Waals surface area contributed by atoms with E-state index < -0.39 is 6.61 Å². The minimum Gasteiger partial charge on any atom is -0.500 e. The Morgan fingerprint density at radius 2 is 2.18 bits per heavy atom. The van der Waals surface area contributed by atoms with E-state index in [1.165, 1.54) is 0 Å². The molecule has 3 nitrogen and oxygen atoms in total. The summed E-state index contributed by atoms with van der Waals surface area (Å²) < 4.78 is 5.34. The van der Waals surface area contributed by atoms with Crippen molar-refractivity contribution < 1.29 is 14.6 Å². The highest BCUT2D eigenvalue weighted by Crippen LogP contribution is 2.35. The van der Waals surface area contributed by atoms with Gasteiger partial charge in [-0.2, -0.15) is 0 Å². The van der Waals surface area contributed by atoms with Crippen molar-refractivity contribution in [1.29, 1.82) is 0 Å². The normalized spacial score (nSPS) is 18.9. The lowest BCUT2D eigenvalue weighted by molar-refractivity contribution is -0.116. The van der Waals surface area contributed by atoms with Crippen LogP contribution < -0.4 is 0 Å². The molecule has 1 aromatic carbocycles. The van der Waals surface area contributed by atoms with Crippen LogP contribution >= 0.6 is 0 Å². The van der Waals surface area contributed by atoms with Crippen LogP contribution in [-0.2, 0) is 16.0 Å². The Morgan fingerprint density at radius 3 is 2.82 bits per heavy atom. The number of aliphatic hydroxyl groups excluding tert-OH is 1. The van der Waals surface area contributed by atoms with Crippen LogP contribution in [0.15, 0.2) is 30.0 Å². The standard InChI is InChI=1S/C14H16O3/c1-9-7-10-5-3-4-6-11(10)13(12(16)8-15)14(9)17-2/h3-6,9,15H,7-8H2,1-2H3. The van der Waals surface area contributed by atoms with Crippen molar-refractivity contribution in [1.82, 2.24) is 0 Å². The van der Waals surface area contributed by atoms with Gasteiger partial charge < -0.3 is 9.84 Å². The third-order valence-electron chi connectivity index (χ3n) is 3.15. The molecule has 0 aromatic heterocycles. The van der Waals surface area contributed by atoms with Gasteiger partial charge in [0.1, 0.15) is 12.4 Å². The molecule has 0 bridgehead atoms. The molecule has 1 unspecified atom stereocenters. The average molecular weight is 232 g/mol. The summed E-state index contributed by atoms with van der Waals surface area (Å²) in [4.78, 5) is 11.9. The molecule has 90 valence electrons. The summed E-state index contributed by atoms with van der Waals surface area (Å²) in [7, 11) is 1.57. The van der Waals surface area contributed by atoms with Crippen molar-refractivity contribution in [2.24, 2.45) is 5.92 Å². The van der Waals surface area contributed by atoms with Crippen molar-refractivity contribution in [3.8, 4) is 0 Å². The highest BCUT2D eigenvalue weighted by molar-refractivity contribution is 6.22. The van der Waals surface area contributed by atoms with Gasteiger partial charge in [0.25, 0.3) is 0 Å². The van der Waals surface area contributed by atoms with Gasteiger partial charge in [-0.15, -0.1) is 0 Å². The van der Waals surface area contributed by atoms with E-state index in [1.54, 1.807) is 7.11 Å². The zero-order chi connectivity index (χ0) is 12.4. The molecule has 1 aromatic rings. The van der Waals surface area contributed by atoms with Gasteiger partial charge in [-0.25, -0.2) is 0 Å². The number of ether oxygens (including phenoxy) is 1. The highest BCUT2D eigenvalue weighted by atomic mass is 16.5. The first-order valence-electron chi connectivity index (χ1n) is 5.69. The number of rotatable bonds is 3. The molecule has 1 aliphatic carbocycles. The van der Waals surface area contributed by atoms with Crippen LogP contribution in [0.1, 0.15) is 18.1 Å². The van der Waals surface area contributed by atoms with Gasteiger partial charge in [0.15, 0.2) is 5.78 Å². The predicted molar refractivity (Wildman–Crippen MR) is 65.3 cm³/mol. The van der Waals surface area contributed by atoms with Crippen LogP contribution in [-0.4, -0.2) is 24.6 Å². The lowest BCUT2D eigenvalue weighted by Crippen LogP contribution is -2.21. The molecule has 0 spiro atoms. The van der Waals surface area contributed by atoms with E-state index in [2.05, 4.69) is 0 Å². The monoisotopic (exact) mass is 232 g/mol. The molecule has 0 amide bonds. The Kier molecular flexibility index (Phi) is 3.29. The largest absolute Gasteiger partial charge is 0.500 e. The van der Waals surface area contributed by atoms with Crippen molar-refractivity contribution in [2.45, 2.75) is 13.3 Å². The van der Waals surface area contributed by atoms with Gasteiger partial charge in [-0.1, -0.05) is 31.2 Å². The summed E-state index contributed by atoms with van der Waals surface area (Å²) in [5.74, 6) is 0.573. The smallest absolute Gasteiger partial charge is 0.192 e. The molecule has 0 heterocycles. The Labute approximate surface area is 101 Å². The van der Waals surface area contributed by atoms with Gasteiger partial charge >= 0.3 is 0 Å². The van der Waals surface area contributed by atoms with Crippen LogP contribution in [0.25, 0.3) is 5.57 Å². The summed E-state index contributed by atoms with van der Waals surface area (Å²) >= 11 is 0. The molecule has 3 heteroatoms. The van der Waals surface area contributed by atoms with E-state index in [4.69, 9.17) is 9.84 Å². The summed E-state index contributed by atoms with van der Waals surface area (Å²) in [5.41, 5.74) is 2.56. The Balaban J connectivity index is 2.63. The molecule has 17 heavy (non-hydrogen) atoms. The fourth-order valence-corrected chi connectivity index (χ4v) is 2.41. The van der Waals surface area contributed by atoms with Crippen molar-refractivity contribution in [3.05, 3.63) is 41.2 Å². The summed E-state index contributed by atoms with van der Waals surface area (Å²) in [6, 6.07) is 7.78. The Morgan fingerprint density at radius 1 is 1.47 bits per heavy atom. The van der Waals surface area contributed by atoms with E-state index in [1.807, 2.05) is 31.2 Å². The average Bonchev–Trinajstić information content (AvgIpc) is 2.36. The van der Waals surface area contributed by atoms with Crippen LogP contribution in [0.4, 0.5) is 0 Å². The SMILES string of the molecule is COC1=C(C(=O)CO)c2ccccc2CC1C. The molecule has 0 radical (unpaired) electrons. The van der Waals surface area contributed by atoms with Gasteiger partial charge in [-0.3, -0.25) is 4.79 Å². The maximum absolute atomic E-state index is 11.9. The highest BCUT2D eigenvalue weighted by Gasteiger charge is 2.28. The molecule has 1 aliphatic rings. The lowest BCUT2D eigenvalue weighted by Gasteiger charge is -2.26. The second-order valence-electron chi connectivity index (χ2n) is 4.29. The number of hydrogen-bond donors (Lipinski definition) is 1. The number of hydrogen-bond acceptors (Lipinski definition) is 3. The molecule has 1 N–H and O–H groups in total. The van der Waals surface area contributed by atoms with Gasteiger partial charge in [-0.05, 0) is 17.5 Å². The van der Waals surface area contributed by atoms with Gasteiger partial charge in [0.05, 0.1) is 12.7 Å². The fraction of sp³-hybridized carbons (Fsp3) is 0.357. The van der Waals surface area contributed by atoms with Crippen molar-refractivity contribution >= 4 is 11.4 Å². The van der Waals surface area contributed by atoms with E-state index in [0.29, 0.717) is 11.3 Å². The first kappa shape index (κ1) is 11.9. The first-order valence-corrected chi connectivity index (χ1v) is 5.69. The maximum Gasteiger partial charge on any atom is 0.192 e. The van der Waals surface area contributed by atoms with Crippen molar-refractivity contribution in [2.75, 3.05) is 13.7 Å². The van der Waals surface area contributed by atoms with Gasteiger partial charge in [0.2, 0.25) is 0 Å². The molecule has 1 atom stereocenters. The number of fused-ring (bicyclic) bond motifs is 1. The second-order valence-corrected chi connectivity index (χ2v) is 4.29. The predicted octanol–water partition coefficient (Wildman–Crippen LogP) is 1.80. The molecule has 0 saturated carbocycles. The summed E-state index contributed by atoms with van der Waals surface area (Å²) in [6.45, 7) is 1.54. The maximum atomic E-state index is 11.9. The van der Waals surface area contributed by atoms with E-state index >= 15 is 0 Å². The number of benzene rings is 1. The quantitative estimate of drug-likeness (QED) is 0.864. The second kappa shape index (κ2) is 4.72. The molecule has 0 aliphatic heterocycles.